The lowest BCUT2D eigenvalue weighted by Crippen LogP contribution is -2.50. The number of piperidine rings is 1. The largest absolute Gasteiger partial charge is 0.348 e. The second-order valence-electron chi connectivity index (χ2n) is 4.68. The molecule has 1 fully saturated rings. The Hall–Kier alpha value is -0.940. The van der Waals surface area contributed by atoms with Gasteiger partial charge in [-0.3, -0.25) is 4.79 Å². The highest BCUT2D eigenvalue weighted by atomic mass is 79.9. The number of carbonyl (C=O) groups excluding carboxylic acids is 1. The van der Waals surface area contributed by atoms with Crippen LogP contribution in [0, 0.1) is 11.7 Å². The molecular formula is C13H16BrFN2O. The first-order valence-electron chi connectivity index (χ1n) is 6.04. The highest BCUT2D eigenvalue weighted by molar-refractivity contribution is 9.10. The first kappa shape index (κ1) is 13.5. The highest BCUT2D eigenvalue weighted by Gasteiger charge is 2.23. The zero-order chi connectivity index (χ0) is 13.1. The zero-order valence-corrected chi connectivity index (χ0v) is 11.8. The van der Waals surface area contributed by atoms with Crippen LogP contribution in [0.2, 0.25) is 0 Å². The molecule has 1 heterocycles. The molecule has 2 atom stereocenters. The smallest absolute Gasteiger partial charge is 0.251 e. The molecule has 0 aliphatic carbocycles. The van der Waals surface area contributed by atoms with Crippen molar-refractivity contribution in [1.29, 1.82) is 0 Å². The van der Waals surface area contributed by atoms with Gasteiger partial charge in [0.05, 0.1) is 4.47 Å². The van der Waals surface area contributed by atoms with Gasteiger partial charge in [0.15, 0.2) is 0 Å². The predicted octanol–water partition coefficient (Wildman–Crippen LogP) is 2.32. The Morgan fingerprint density at radius 3 is 3.00 bits per heavy atom. The molecule has 1 aliphatic heterocycles. The van der Waals surface area contributed by atoms with Crippen molar-refractivity contribution < 1.29 is 9.18 Å². The van der Waals surface area contributed by atoms with Gasteiger partial charge in [-0.05, 0) is 53.0 Å². The highest BCUT2D eigenvalue weighted by Crippen LogP contribution is 2.17. The van der Waals surface area contributed by atoms with Crippen LogP contribution in [0.1, 0.15) is 23.7 Å². The molecule has 1 aromatic carbocycles. The lowest BCUT2D eigenvalue weighted by Gasteiger charge is -2.30. The molecule has 2 N–H and O–H groups in total. The molecule has 0 saturated carbocycles. The molecule has 2 rings (SSSR count). The minimum atomic E-state index is -0.419. The van der Waals surface area contributed by atoms with Crippen LogP contribution in [-0.2, 0) is 0 Å². The van der Waals surface area contributed by atoms with Gasteiger partial charge in [-0.15, -0.1) is 0 Å². The maximum atomic E-state index is 13.4. The Balaban J connectivity index is 2.04. The maximum absolute atomic E-state index is 13.4. The van der Waals surface area contributed by atoms with E-state index >= 15 is 0 Å². The average molecular weight is 315 g/mol. The van der Waals surface area contributed by atoms with E-state index in [4.69, 9.17) is 0 Å². The monoisotopic (exact) mass is 314 g/mol. The number of rotatable bonds is 2. The summed E-state index contributed by atoms with van der Waals surface area (Å²) in [5, 5.41) is 6.19. The minimum Gasteiger partial charge on any atom is -0.348 e. The van der Waals surface area contributed by atoms with E-state index in [1.165, 1.54) is 6.07 Å². The summed E-state index contributed by atoms with van der Waals surface area (Å²) in [7, 11) is 0. The van der Waals surface area contributed by atoms with Gasteiger partial charge in [-0.25, -0.2) is 4.39 Å². The third-order valence-electron chi connectivity index (χ3n) is 3.33. The van der Waals surface area contributed by atoms with E-state index in [1.807, 2.05) is 0 Å². The lowest BCUT2D eigenvalue weighted by molar-refractivity contribution is 0.0915. The molecule has 98 valence electrons. The molecule has 3 nitrogen and oxygen atoms in total. The number of halogens is 2. The molecule has 1 amide bonds. The molecule has 1 aliphatic rings. The number of carbonyl (C=O) groups is 1. The molecule has 0 spiro atoms. The van der Waals surface area contributed by atoms with Crippen LogP contribution in [-0.4, -0.2) is 25.0 Å². The third-order valence-corrected chi connectivity index (χ3v) is 3.97. The second-order valence-corrected chi connectivity index (χ2v) is 5.53. The molecule has 0 radical (unpaired) electrons. The van der Waals surface area contributed by atoms with E-state index in [0.29, 0.717) is 16.0 Å². The maximum Gasteiger partial charge on any atom is 0.251 e. The summed E-state index contributed by atoms with van der Waals surface area (Å²) in [5.74, 6) is -0.199. The fourth-order valence-corrected chi connectivity index (χ4v) is 2.32. The zero-order valence-electron chi connectivity index (χ0n) is 10.2. The topological polar surface area (TPSA) is 41.1 Å². The van der Waals surface area contributed by atoms with Crippen LogP contribution in [0.5, 0.6) is 0 Å². The van der Waals surface area contributed by atoms with Crippen LogP contribution >= 0.6 is 15.9 Å². The van der Waals surface area contributed by atoms with Crippen molar-refractivity contribution in [2.75, 3.05) is 13.1 Å². The Kier molecular flexibility index (Phi) is 4.35. The van der Waals surface area contributed by atoms with Crippen molar-refractivity contribution in [1.82, 2.24) is 10.6 Å². The predicted molar refractivity (Wildman–Crippen MR) is 72.0 cm³/mol. The summed E-state index contributed by atoms with van der Waals surface area (Å²) in [5.41, 5.74) is 0.355. The van der Waals surface area contributed by atoms with Crippen molar-refractivity contribution in [2.45, 2.75) is 19.4 Å². The van der Waals surface area contributed by atoms with Gasteiger partial charge in [0.2, 0.25) is 0 Å². The molecule has 18 heavy (non-hydrogen) atoms. The fourth-order valence-electron chi connectivity index (χ4n) is 2.07. The van der Waals surface area contributed by atoms with Gasteiger partial charge in [-0.2, -0.15) is 0 Å². The number of nitrogens with one attached hydrogen (secondary N) is 2. The van der Waals surface area contributed by atoms with Crippen LogP contribution in [0.3, 0.4) is 0 Å². The van der Waals surface area contributed by atoms with Crippen molar-refractivity contribution >= 4 is 21.8 Å². The van der Waals surface area contributed by atoms with E-state index in [-0.39, 0.29) is 11.9 Å². The second kappa shape index (κ2) is 5.80. The number of amides is 1. The van der Waals surface area contributed by atoms with Crippen molar-refractivity contribution in [3.63, 3.8) is 0 Å². The number of hydrogen-bond acceptors (Lipinski definition) is 2. The van der Waals surface area contributed by atoms with Crippen molar-refractivity contribution in [2.24, 2.45) is 5.92 Å². The number of benzene rings is 1. The van der Waals surface area contributed by atoms with Gasteiger partial charge in [-0.1, -0.05) is 6.92 Å². The molecule has 1 aromatic rings. The molecular weight excluding hydrogens is 299 g/mol. The van der Waals surface area contributed by atoms with E-state index in [1.54, 1.807) is 12.1 Å². The van der Waals surface area contributed by atoms with Gasteiger partial charge in [0, 0.05) is 18.2 Å². The standard InChI is InChI=1S/C13H16BrFN2O/c1-8-4-5-16-7-12(8)17-13(18)9-2-3-10(14)11(15)6-9/h2-3,6,8,12,16H,4-5,7H2,1H3,(H,17,18). The van der Waals surface area contributed by atoms with Crippen LogP contribution in [0.4, 0.5) is 4.39 Å². The quantitative estimate of drug-likeness (QED) is 0.879. The molecule has 2 unspecified atom stereocenters. The molecule has 0 bridgehead atoms. The summed E-state index contributed by atoms with van der Waals surface area (Å²) >= 11 is 3.07. The Bertz CT molecular complexity index is 453. The van der Waals surface area contributed by atoms with Crippen molar-refractivity contribution in [3.8, 4) is 0 Å². The SMILES string of the molecule is CC1CCNCC1NC(=O)c1ccc(Br)c(F)c1. The number of hydrogen-bond donors (Lipinski definition) is 2. The summed E-state index contributed by atoms with van der Waals surface area (Å²) in [6.07, 6.45) is 1.04. The molecule has 5 heteroatoms. The van der Waals surface area contributed by atoms with Gasteiger partial charge in [0.1, 0.15) is 5.82 Å². The Morgan fingerprint density at radius 1 is 1.56 bits per heavy atom. The van der Waals surface area contributed by atoms with Crippen LogP contribution < -0.4 is 10.6 Å². The van der Waals surface area contributed by atoms with E-state index in [2.05, 4.69) is 33.5 Å². The minimum absolute atomic E-state index is 0.109. The van der Waals surface area contributed by atoms with Crippen molar-refractivity contribution in [3.05, 3.63) is 34.1 Å². The fraction of sp³-hybridized carbons (Fsp3) is 0.462. The van der Waals surface area contributed by atoms with Crippen LogP contribution in [0.25, 0.3) is 0 Å². The van der Waals surface area contributed by atoms with E-state index < -0.39 is 5.82 Å². The van der Waals surface area contributed by atoms with E-state index in [9.17, 15) is 9.18 Å². The van der Waals surface area contributed by atoms with Gasteiger partial charge >= 0.3 is 0 Å². The first-order valence-corrected chi connectivity index (χ1v) is 6.84. The summed E-state index contributed by atoms with van der Waals surface area (Å²) < 4.78 is 13.7. The molecule has 1 saturated heterocycles. The Labute approximate surface area is 114 Å². The normalized spacial score (nSPS) is 23.7. The van der Waals surface area contributed by atoms with Crippen LogP contribution in [0.15, 0.2) is 22.7 Å². The summed E-state index contributed by atoms with van der Waals surface area (Å²) in [4.78, 5) is 12.0. The molecule has 0 aromatic heterocycles. The summed E-state index contributed by atoms with van der Waals surface area (Å²) in [6.45, 7) is 3.88. The third kappa shape index (κ3) is 3.09. The van der Waals surface area contributed by atoms with E-state index in [0.717, 1.165) is 19.5 Å². The van der Waals surface area contributed by atoms with Gasteiger partial charge < -0.3 is 10.6 Å². The van der Waals surface area contributed by atoms with Gasteiger partial charge in [0.25, 0.3) is 5.91 Å². The lowest BCUT2D eigenvalue weighted by atomic mass is 9.94. The first-order chi connectivity index (χ1) is 8.58. The average Bonchev–Trinajstić information content (AvgIpc) is 2.35. The Morgan fingerprint density at radius 2 is 2.33 bits per heavy atom. The summed E-state index contributed by atoms with van der Waals surface area (Å²) in [6, 6.07) is 4.52.